The molecule has 1 saturated heterocycles. The van der Waals surface area contributed by atoms with Crippen LogP contribution in [-0.2, 0) is 4.74 Å². The maximum absolute atomic E-state index is 5.71. The van der Waals surface area contributed by atoms with Crippen LogP contribution in [0.3, 0.4) is 0 Å². The van der Waals surface area contributed by atoms with Gasteiger partial charge in [0.15, 0.2) is 0 Å². The lowest BCUT2D eigenvalue weighted by Gasteiger charge is -2.29. The van der Waals surface area contributed by atoms with Crippen molar-refractivity contribution in [3.05, 3.63) is 0 Å². The Morgan fingerprint density at radius 2 is 2.00 bits per heavy atom. The zero-order chi connectivity index (χ0) is 8.32. The smallest absolute Gasteiger partial charge is 0.124 e. The Morgan fingerprint density at radius 3 is 2.45 bits per heavy atom. The number of piperidine rings is 1. The molecule has 2 heteroatoms. The quantitative estimate of drug-likeness (QED) is 0.569. The van der Waals surface area contributed by atoms with E-state index in [0.717, 1.165) is 13.0 Å². The minimum atomic E-state index is -0.0362. The maximum atomic E-state index is 5.71. The van der Waals surface area contributed by atoms with Gasteiger partial charge in [0.2, 0.25) is 0 Å². The van der Waals surface area contributed by atoms with Gasteiger partial charge in [-0.3, -0.25) is 0 Å². The number of nitrogens with zero attached hydrogens (tertiary/aromatic N) is 1. The number of rotatable bonds is 1. The predicted octanol–water partition coefficient (Wildman–Crippen LogP) is 1.92. The molecule has 0 bridgehead atoms. The van der Waals surface area contributed by atoms with Crippen molar-refractivity contribution in [2.24, 2.45) is 0 Å². The molecule has 1 rings (SSSR count). The Balaban J connectivity index is 2.24. The summed E-state index contributed by atoms with van der Waals surface area (Å²) in [6.07, 6.45) is 3.79. The normalized spacial score (nSPS) is 27.0. The van der Waals surface area contributed by atoms with Crippen LogP contribution >= 0.6 is 0 Å². The summed E-state index contributed by atoms with van der Waals surface area (Å²) in [5.41, 5.74) is -0.0362. The summed E-state index contributed by atoms with van der Waals surface area (Å²) < 4.78 is 5.71. The standard InChI is InChI=1S/C9H18NO/c1-9(2,3)11-8-6-4-5-7-10-8/h8H,4-7H2,1-3H3. The van der Waals surface area contributed by atoms with Crippen molar-refractivity contribution in [3.8, 4) is 0 Å². The van der Waals surface area contributed by atoms with Crippen molar-refractivity contribution in [3.63, 3.8) is 0 Å². The molecule has 0 aromatic carbocycles. The summed E-state index contributed by atoms with van der Waals surface area (Å²) in [5, 5.41) is 4.39. The lowest BCUT2D eigenvalue weighted by molar-refractivity contribution is -0.0862. The first-order valence-electron chi connectivity index (χ1n) is 4.42. The van der Waals surface area contributed by atoms with Crippen LogP contribution < -0.4 is 5.32 Å². The monoisotopic (exact) mass is 156 g/mol. The third kappa shape index (κ3) is 3.73. The summed E-state index contributed by atoms with van der Waals surface area (Å²) in [6, 6.07) is 0. The van der Waals surface area contributed by atoms with Gasteiger partial charge in [-0.1, -0.05) is 0 Å². The fraction of sp³-hybridized carbons (Fsp3) is 1.00. The molecule has 1 heterocycles. The van der Waals surface area contributed by atoms with Gasteiger partial charge < -0.3 is 4.74 Å². The van der Waals surface area contributed by atoms with Crippen LogP contribution in [0.4, 0.5) is 0 Å². The van der Waals surface area contributed by atoms with Crippen LogP contribution in [0.15, 0.2) is 0 Å². The van der Waals surface area contributed by atoms with E-state index in [9.17, 15) is 0 Å². The summed E-state index contributed by atoms with van der Waals surface area (Å²) in [7, 11) is 0. The SMILES string of the molecule is CC(C)(C)OC1CCCC[N]1. The highest BCUT2D eigenvalue weighted by molar-refractivity contribution is 4.68. The van der Waals surface area contributed by atoms with Crippen molar-refractivity contribution in [1.82, 2.24) is 5.32 Å². The molecule has 0 aromatic rings. The highest BCUT2D eigenvalue weighted by Gasteiger charge is 2.20. The van der Waals surface area contributed by atoms with Crippen molar-refractivity contribution in [2.75, 3.05) is 6.54 Å². The third-order valence-electron chi connectivity index (χ3n) is 1.68. The van der Waals surface area contributed by atoms with Crippen LogP contribution in [0.5, 0.6) is 0 Å². The Hall–Kier alpha value is -0.0800. The minimum absolute atomic E-state index is 0.0362. The van der Waals surface area contributed by atoms with Gasteiger partial charge in [0.25, 0.3) is 0 Å². The first kappa shape index (κ1) is 9.01. The fourth-order valence-electron chi connectivity index (χ4n) is 1.26. The fourth-order valence-corrected chi connectivity index (χ4v) is 1.26. The van der Waals surface area contributed by atoms with Crippen LogP contribution in [0.2, 0.25) is 0 Å². The number of hydrogen-bond acceptors (Lipinski definition) is 1. The predicted molar refractivity (Wildman–Crippen MR) is 45.5 cm³/mol. The van der Waals surface area contributed by atoms with Gasteiger partial charge in [-0.05, 0) is 40.0 Å². The largest absolute Gasteiger partial charge is 0.356 e. The Bertz CT molecular complexity index is 111. The van der Waals surface area contributed by atoms with Gasteiger partial charge in [-0.15, -0.1) is 0 Å². The highest BCUT2D eigenvalue weighted by atomic mass is 16.5. The molecule has 0 saturated carbocycles. The molecule has 1 aliphatic heterocycles. The molecule has 11 heavy (non-hydrogen) atoms. The first-order valence-corrected chi connectivity index (χ1v) is 4.42. The molecule has 0 aliphatic carbocycles. The van der Waals surface area contributed by atoms with Crippen LogP contribution in [-0.4, -0.2) is 18.4 Å². The van der Waals surface area contributed by atoms with Crippen LogP contribution in [0.1, 0.15) is 40.0 Å². The average Bonchev–Trinajstić information content (AvgIpc) is 1.85. The van der Waals surface area contributed by atoms with E-state index in [1.165, 1.54) is 12.8 Å². The van der Waals surface area contributed by atoms with E-state index in [1.54, 1.807) is 0 Å². The number of ether oxygens (including phenoxy) is 1. The van der Waals surface area contributed by atoms with E-state index in [4.69, 9.17) is 4.74 Å². The van der Waals surface area contributed by atoms with Gasteiger partial charge in [0, 0.05) is 6.54 Å². The molecule has 2 nitrogen and oxygen atoms in total. The zero-order valence-electron chi connectivity index (χ0n) is 7.76. The van der Waals surface area contributed by atoms with E-state index in [-0.39, 0.29) is 11.8 Å². The molecule has 1 radical (unpaired) electrons. The summed E-state index contributed by atoms with van der Waals surface area (Å²) in [4.78, 5) is 0. The topological polar surface area (TPSA) is 23.3 Å². The number of hydrogen-bond donors (Lipinski definition) is 0. The van der Waals surface area contributed by atoms with E-state index < -0.39 is 0 Å². The summed E-state index contributed by atoms with van der Waals surface area (Å²) in [6.45, 7) is 7.23. The van der Waals surface area contributed by atoms with E-state index in [0.29, 0.717) is 0 Å². The second kappa shape index (κ2) is 3.55. The average molecular weight is 156 g/mol. The third-order valence-corrected chi connectivity index (χ3v) is 1.68. The Morgan fingerprint density at radius 1 is 1.27 bits per heavy atom. The Kier molecular flexibility index (Phi) is 2.90. The molecule has 0 aromatic heterocycles. The van der Waals surface area contributed by atoms with E-state index in [1.807, 2.05) is 0 Å². The Labute approximate surface area is 69.3 Å². The van der Waals surface area contributed by atoms with E-state index in [2.05, 4.69) is 26.1 Å². The molecule has 1 atom stereocenters. The van der Waals surface area contributed by atoms with Crippen molar-refractivity contribution < 1.29 is 4.74 Å². The molecular formula is C9H18NO. The highest BCUT2D eigenvalue weighted by Crippen LogP contribution is 2.16. The lowest BCUT2D eigenvalue weighted by atomic mass is 10.1. The lowest BCUT2D eigenvalue weighted by Crippen LogP contribution is -2.36. The minimum Gasteiger partial charge on any atom is -0.356 e. The van der Waals surface area contributed by atoms with Gasteiger partial charge in [-0.2, -0.15) is 0 Å². The van der Waals surface area contributed by atoms with Gasteiger partial charge >= 0.3 is 0 Å². The molecule has 65 valence electrons. The molecule has 0 spiro atoms. The summed E-state index contributed by atoms with van der Waals surface area (Å²) >= 11 is 0. The van der Waals surface area contributed by atoms with Crippen LogP contribution in [0, 0.1) is 0 Å². The zero-order valence-corrected chi connectivity index (χ0v) is 7.76. The molecule has 0 N–H and O–H groups in total. The molecule has 1 aliphatic rings. The molecular weight excluding hydrogens is 138 g/mol. The molecule has 1 unspecified atom stereocenters. The maximum Gasteiger partial charge on any atom is 0.124 e. The van der Waals surface area contributed by atoms with Crippen molar-refractivity contribution in [1.29, 1.82) is 0 Å². The van der Waals surface area contributed by atoms with Crippen molar-refractivity contribution in [2.45, 2.75) is 51.9 Å². The first-order chi connectivity index (χ1) is 5.08. The van der Waals surface area contributed by atoms with Gasteiger partial charge in [-0.25, -0.2) is 5.32 Å². The van der Waals surface area contributed by atoms with Crippen LogP contribution in [0.25, 0.3) is 0 Å². The molecule has 1 fully saturated rings. The van der Waals surface area contributed by atoms with Crippen molar-refractivity contribution >= 4 is 0 Å². The second-order valence-electron chi connectivity index (χ2n) is 4.09. The summed E-state index contributed by atoms with van der Waals surface area (Å²) in [5.74, 6) is 0. The van der Waals surface area contributed by atoms with Gasteiger partial charge in [0.1, 0.15) is 6.23 Å². The molecule has 0 amide bonds. The second-order valence-corrected chi connectivity index (χ2v) is 4.09. The van der Waals surface area contributed by atoms with E-state index >= 15 is 0 Å². The van der Waals surface area contributed by atoms with Gasteiger partial charge in [0.05, 0.1) is 5.60 Å².